The first-order valence-corrected chi connectivity index (χ1v) is 6.37. The van der Waals surface area contributed by atoms with Gasteiger partial charge in [-0.3, -0.25) is 0 Å². The topological polar surface area (TPSA) is 29.0 Å². The van der Waals surface area contributed by atoms with Gasteiger partial charge in [-0.05, 0) is 38.3 Å². The molecule has 16 heavy (non-hydrogen) atoms. The Bertz CT molecular complexity index is 324. The maximum absolute atomic E-state index is 5.94. The van der Waals surface area contributed by atoms with Crippen molar-refractivity contribution in [3.63, 3.8) is 0 Å². The molecule has 1 heterocycles. The van der Waals surface area contributed by atoms with Crippen LogP contribution in [0.2, 0.25) is 5.28 Å². The molecule has 0 aliphatic rings. The van der Waals surface area contributed by atoms with Crippen molar-refractivity contribution in [1.29, 1.82) is 0 Å². The largest absolute Gasteiger partial charge is 0.357 e. The van der Waals surface area contributed by atoms with Crippen molar-refractivity contribution in [2.75, 3.05) is 18.0 Å². The van der Waals surface area contributed by atoms with Crippen LogP contribution in [0, 0.1) is 0 Å². The summed E-state index contributed by atoms with van der Waals surface area (Å²) in [5.74, 6) is 0.941. The minimum atomic E-state index is 0.357. The van der Waals surface area contributed by atoms with Crippen LogP contribution in [-0.2, 0) is 6.42 Å². The molecule has 0 radical (unpaired) electrons. The van der Waals surface area contributed by atoms with E-state index in [9.17, 15) is 0 Å². The molecular formula is C12H20ClN3. The van der Waals surface area contributed by atoms with Crippen LogP contribution in [0.5, 0.6) is 0 Å². The highest BCUT2D eigenvalue weighted by Gasteiger charge is 2.07. The molecule has 0 fully saturated rings. The lowest BCUT2D eigenvalue weighted by Crippen LogP contribution is -2.23. The fraction of sp³-hybridized carbons (Fsp3) is 0.667. The Morgan fingerprint density at radius 2 is 1.88 bits per heavy atom. The van der Waals surface area contributed by atoms with Gasteiger partial charge in [0.15, 0.2) is 0 Å². The smallest absolute Gasteiger partial charge is 0.224 e. The molecule has 0 unspecified atom stereocenters. The van der Waals surface area contributed by atoms with Crippen LogP contribution in [0.25, 0.3) is 0 Å². The number of aromatic nitrogens is 2. The van der Waals surface area contributed by atoms with Crippen LogP contribution >= 0.6 is 11.6 Å². The van der Waals surface area contributed by atoms with Crippen molar-refractivity contribution < 1.29 is 0 Å². The molecule has 0 spiro atoms. The number of anilines is 1. The quantitative estimate of drug-likeness (QED) is 0.716. The molecule has 0 aliphatic heterocycles. The van der Waals surface area contributed by atoms with Crippen LogP contribution in [0.15, 0.2) is 6.07 Å². The third-order valence-electron chi connectivity index (χ3n) is 2.61. The Kier molecular flexibility index (Phi) is 5.53. The molecule has 1 aromatic heterocycles. The van der Waals surface area contributed by atoms with Gasteiger partial charge in [0, 0.05) is 24.8 Å². The van der Waals surface area contributed by atoms with Gasteiger partial charge in [-0.1, -0.05) is 13.3 Å². The van der Waals surface area contributed by atoms with Crippen LogP contribution in [0.4, 0.5) is 5.82 Å². The molecule has 0 saturated carbocycles. The Hall–Kier alpha value is -0.830. The zero-order valence-corrected chi connectivity index (χ0v) is 11.1. The molecule has 0 bridgehead atoms. The predicted molar refractivity (Wildman–Crippen MR) is 69.2 cm³/mol. The number of hydrogen-bond donors (Lipinski definition) is 0. The molecule has 0 aliphatic carbocycles. The maximum Gasteiger partial charge on any atom is 0.224 e. The number of hydrogen-bond acceptors (Lipinski definition) is 3. The summed E-state index contributed by atoms with van der Waals surface area (Å²) in [7, 11) is 0. The summed E-state index contributed by atoms with van der Waals surface area (Å²) in [6.45, 7) is 8.29. The van der Waals surface area contributed by atoms with Crippen molar-refractivity contribution in [2.45, 2.75) is 40.0 Å². The highest BCUT2D eigenvalue weighted by atomic mass is 35.5. The van der Waals surface area contributed by atoms with E-state index in [0.717, 1.165) is 37.4 Å². The molecule has 0 amide bonds. The van der Waals surface area contributed by atoms with E-state index in [1.807, 2.05) is 0 Å². The number of nitrogens with zero attached hydrogens (tertiary/aromatic N) is 3. The van der Waals surface area contributed by atoms with Crippen molar-refractivity contribution in [3.05, 3.63) is 17.0 Å². The standard InChI is InChI=1S/C12H20ClN3/c1-4-7-8-10-9-11(15-12(13)14-10)16(5-2)6-3/h9H,4-8H2,1-3H3. The molecule has 0 aromatic carbocycles. The highest BCUT2D eigenvalue weighted by molar-refractivity contribution is 6.28. The summed E-state index contributed by atoms with van der Waals surface area (Å²) in [5, 5.41) is 0.357. The van der Waals surface area contributed by atoms with E-state index in [-0.39, 0.29) is 0 Å². The number of aryl methyl sites for hydroxylation is 1. The molecule has 90 valence electrons. The molecular weight excluding hydrogens is 222 g/mol. The first-order valence-electron chi connectivity index (χ1n) is 5.99. The second-order valence-corrected chi connectivity index (χ2v) is 4.10. The first kappa shape index (κ1) is 13.2. The predicted octanol–water partition coefficient (Wildman–Crippen LogP) is 3.32. The Morgan fingerprint density at radius 3 is 2.44 bits per heavy atom. The normalized spacial score (nSPS) is 10.5. The Morgan fingerprint density at radius 1 is 1.19 bits per heavy atom. The second kappa shape index (κ2) is 6.69. The van der Waals surface area contributed by atoms with E-state index in [1.54, 1.807) is 0 Å². The lowest BCUT2D eigenvalue weighted by molar-refractivity contribution is 0.767. The lowest BCUT2D eigenvalue weighted by Gasteiger charge is -2.20. The van der Waals surface area contributed by atoms with E-state index in [4.69, 9.17) is 11.6 Å². The van der Waals surface area contributed by atoms with Gasteiger partial charge in [0.25, 0.3) is 0 Å². The van der Waals surface area contributed by atoms with E-state index in [1.165, 1.54) is 6.42 Å². The summed E-state index contributed by atoms with van der Waals surface area (Å²) >= 11 is 5.94. The third kappa shape index (κ3) is 3.63. The van der Waals surface area contributed by atoms with Gasteiger partial charge >= 0.3 is 0 Å². The van der Waals surface area contributed by atoms with Gasteiger partial charge in [0.05, 0.1) is 0 Å². The first-order chi connectivity index (χ1) is 7.71. The van der Waals surface area contributed by atoms with Gasteiger partial charge < -0.3 is 4.90 Å². The zero-order valence-electron chi connectivity index (χ0n) is 10.3. The van der Waals surface area contributed by atoms with Crippen LogP contribution in [0.3, 0.4) is 0 Å². The molecule has 0 atom stereocenters. The molecule has 1 aromatic rings. The summed E-state index contributed by atoms with van der Waals surface area (Å²) in [5.41, 5.74) is 1.05. The van der Waals surface area contributed by atoms with E-state index < -0.39 is 0 Å². The summed E-state index contributed by atoms with van der Waals surface area (Å²) in [4.78, 5) is 10.7. The van der Waals surface area contributed by atoms with Crippen molar-refractivity contribution >= 4 is 17.4 Å². The van der Waals surface area contributed by atoms with Gasteiger partial charge in [-0.2, -0.15) is 0 Å². The highest BCUT2D eigenvalue weighted by Crippen LogP contribution is 2.16. The molecule has 4 heteroatoms. The van der Waals surface area contributed by atoms with E-state index >= 15 is 0 Å². The van der Waals surface area contributed by atoms with Gasteiger partial charge in [-0.15, -0.1) is 0 Å². The maximum atomic E-state index is 5.94. The van der Waals surface area contributed by atoms with Crippen molar-refractivity contribution in [1.82, 2.24) is 9.97 Å². The van der Waals surface area contributed by atoms with Crippen molar-refractivity contribution in [3.8, 4) is 0 Å². The van der Waals surface area contributed by atoms with Gasteiger partial charge in [0.2, 0.25) is 5.28 Å². The van der Waals surface area contributed by atoms with Crippen LogP contribution in [0.1, 0.15) is 39.3 Å². The van der Waals surface area contributed by atoms with Gasteiger partial charge in [-0.25, -0.2) is 9.97 Å². The molecule has 0 saturated heterocycles. The minimum Gasteiger partial charge on any atom is -0.357 e. The average Bonchev–Trinajstić information content (AvgIpc) is 2.27. The summed E-state index contributed by atoms with van der Waals surface area (Å²) in [6, 6.07) is 2.05. The Balaban J connectivity index is 2.88. The zero-order chi connectivity index (χ0) is 12.0. The monoisotopic (exact) mass is 241 g/mol. The molecule has 3 nitrogen and oxygen atoms in total. The fourth-order valence-electron chi connectivity index (χ4n) is 1.65. The molecule has 1 rings (SSSR count). The molecule has 0 N–H and O–H groups in total. The average molecular weight is 242 g/mol. The summed E-state index contributed by atoms with van der Waals surface area (Å²) in [6.07, 6.45) is 3.29. The third-order valence-corrected chi connectivity index (χ3v) is 2.78. The number of halogens is 1. The van der Waals surface area contributed by atoms with Crippen LogP contribution < -0.4 is 4.90 Å². The SMILES string of the molecule is CCCCc1cc(N(CC)CC)nc(Cl)n1. The lowest BCUT2D eigenvalue weighted by atomic mass is 10.2. The van der Waals surface area contributed by atoms with E-state index in [0.29, 0.717) is 5.28 Å². The van der Waals surface area contributed by atoms with E-state index in [2.05, 4.69) is 41.7 Å². The Labute approximate surface area is 103 Å². The van der Waals surface area contributed by atoms with Gasteiger partial charge in [0.1, 0.15) is 5.82 Å². The van der Waals surface area contributed by atoms with Crippen molar-refractivity contribution in [2.24, 2.45) is 0 Å². The summed E-state index contributed by atoms with van der Waals surface area (Å²) < 4.78 is 0. The fourth-order valence-corrected chi connectivity index (χ4v) is 1.84. The van der Waals surface area contributed by atoms with Crippen LogP contribution in [-0.4, -0.2) is 23.1 Å². The second-order valence-electron chi connectivity index (χ2n) is 3.76. The number of unbranched alkanes of at least 4 members (excludes halogenated alkanes) is 1. The minimum absolute atomic E-state index is 0.357. The number of rotatable bonds is 6.